The van der Waals surface area contributed by atoms with Gasteiger partial charge in [-0.1, -0.05) is 123 Å². The number of aromatic nitrogens is 2. The maximum absolute atomic E-state index is 2.62. The SMILES string of the molecule is CC1(C)c2ccccc2-c2cc3c4ccccc4n(C4=CC(n5c6ccccc6c6ccccc65)CC(c5ccccc5)C4)c3cc21. The fraction of sp³-hybridized carbons (Fsp3) is 0.156. The molecular formula is C45H36N2. The molecule has 6 aromatic carbocycles. The molecule has 2 heterocycles. The number of benzene rings is 6. The summed E-state index contributed by atoms with van der Waals surface area (Å²) >= 11 is 0. The summed E-state index contributed by atoms with van der Waals surface area (Å²) in [6.07, 6.45) is 4.65. The standard InChI is InChI=1S/C45H36N2/c1-45(2)39-20-10-6-16-33(39)37-27-38-36-19-9-13-23-43(36)47(44(38)28-40(37)45)32-25-30(29-14-4-3-5-15-29)24-31(26-32)46-41-21-11-7-17-34(41)35-18-8-12-22-42(35)46/h3-23,26-28,30-31H,24-25H2,1-2H3. The van der Waals surface area contributed by atoms with Gasteiger partial charge in [-0.25, -0.2) is 0 Å². The Morgan fingerprint density at radius 1 is 0.532 bits per heavy atom. The Bertz CT molecular complexity index is 2500. The molecule has 226 valence electrons. The molecule has 0 N–H and O–H groups in total. The van der Waals surface area contributed by atoms with Crippen LogP contribution in [0.1, 0.15) is 55.3 Å². The van der Waals surface area contributed by atoms with Crippen molar-refractivity contribution in [3.05, 3.63) is 162 Å². The molecule has 0 fully saturated rings. The van der Waals surface area contributed by atoms with Gasteiger partial charge < -0.3 is 9.13 Å². The molecule has 0 spiro atoms. The molecule has 0 bridgehead atoms. The predicted octanol–water partition coefficient (Wildman–Crippen LogP) is 11.9. The lowest BCUT2D eigenvalue weighted by Gasteiger charge is -2.32. The van der Waals surface area contributed by atoms with E-state index < -0.39 is 0 Å². The third-order valence-electron chi connectivity index (χ3n) is 11.2. The highest BCUT2D eigenvalue weighted by molar-refractivity contribution is 6.12. The van der Waals surface area contributed by atoms with Crippen LogP contribution in [-0.4, -0.2) is 9.13 Å². The molecular weight excluding hydrogens is 569 g/mol. The Morgan fingerprint density at radius 3 is 1.85 bits per heavy atom. The maximum atomic E-state index is 2.62. The van der Waals surface area contributed by atoms with Crippen molar-refractivity contribution < 1.29 is 0 Å². The zero-order chi connectivity index (χ0) is 31.3. The molecule has 2 heteroatoms. The van der Waals surface area contributed by atoms with Crippen LogP contribution in [0.25, 0.3) is 60.4 Å². The molecule has 2 nitrogen and oxygen atoms in total. The average molecular weight is 605 g/mol. The zero-order valence-corrected chi connectivity index (χ0v) is 26.8. The molecule has 8 aromatic rings. The van der Waals surface area contributed by atoms with Gasteiger partial charge in [-0.3, -0.25) is 0 Å². The summed E-state index contributed by atoms with van der Waals surface area (Å²) in [5.41, 5.74) is 13.6. The first-order chi connectivity index (χ1) is 23.1. The van der Waals surface area contributed by atoms with Crippen LogP contribution in [0.15, 0.2) is 146 Å². The first kappa shape index (κ1) is 26.8. The van der Waals surface area contributed by atoms with E-state index >= 15 is 0 Å². The predicted molar refractivity (Wildman–Crippen MR) is 198 cm³/mol. The quantitative estimate of drug-likeness (QED) is 0.190. The number of hydrogen-bond donors (Lipinski definition) is 0. The van der Waals surface area contributed by atoms with Crippen LogP contribution >= 0.6 is 0 Å². The van der Waals surface area contributed by atoms with Gasteiger partial charge in [0.15, 0.2) is 0 Å². The molecule has 0 amide bonds. The first-order valence-electron chi connectivity index (χ1n) is 17.0. The van der Waals surface area contributed by atoms with Crippen LogP contribution in [0.3, 0.4) is 0 Å². The summed E-state index contributed by atoms with van der Waals surface area (Å²) in [6, 6.07) is 52.3. The van der Waals surface area contributed by atoms with Crippen molar-refractivity contribution >= 4 is 49.3 Å². The van der Waals surface area contributed by atoms with Crippen LogP contribution in [0.5, 0.6) is 0 Å². The second-order valence-electron chi connectivity index (χ2n) is 14.1. The lowest BCUT2D eigenvalue weighted by molar-refractivity contribution is 0.488. The summed E-state index contributed by atoms with van der Waals surface area (Å²) in [7, 11) is 0. The Labute approximate surface area is 275 Å². The number of allylic oxidation sites excluding steroid dienone is 2. The van der Waals surface area contributed by atoms with E-state index in [-0.39, 0.29) is 11.5 Å². The molecule has 10 rings (SSSR count). The molecule has 2 aliphatic rings. The minimum atomic E-state index is -0.0551. The van der Waals surface area contributed by atoms with Gasteiger partial charge in [0.25, 0.3) is 0 Å². The highest BCUT2D eigenvalue weighted by atomic mass is 15.0. The Morgan fingerprint density at radius 2 is 1.13 bits per heavy atom. The van der Waals surface area contributed by atoms with Crippen molar-refractivity contribution in [1.82, 2.24) is 9.13 Å². The van der Waals surface area contributed by atoms with Crippen molar-refractivity contribution in [2.45, 2.75) is 44.1 Å². The molecule has 0 saturated heterocycles. The van der Waals surface area contributed by atoms with Crippen LogP contribution in [0.2, 0.25) is 0 Å². The topological polar surface area (TPSA) is 9.86 Å². The molecule has 2 aliphatic carbocycles. The summed E-state index contributed by atoms with van der Waals surface area (Å²) in [6.45, 7) is 4.78. The van der Waals surface area contributed by atoms with Crippen LogP contribution in [0, 0.1) is 0 Å². The third-order valence-corrected chi connectivity index (χ3v) is 11.2. The molecule has 2 atom stereocenters. The minimum absolute atomic E-state index is 0.0551. The highest BCUT2D eigenvalue weighted by Gasteiger charge is 2.36. The minimum Gasteiger partial charge on any atom is -0.333 e. The molecule has 2 unspecified atom stereocenters. The number of fused-ring (bicyclic) bond motifs is 9. The van der Waals surface area contributed by atoms with Gasteiger partial charge in [0.05, 0.1) is 17.1 Å². The highest BCUT2D eigenvalue weighted by Crippen LogP contribution is 2.52. The van der Waals surface area contributed by atoms with E-state index in [1.54, 1.807) is 0 Å². The lowest BCUT2D eigenvalue weighted by atomic mass is 9.82. The number of nitrogens with zero attached hydrogens (tertiary/aromatic N) is 2. The van der Waals surface area contributed by atoms with E-state index in [0.29, 0.717) is 5.92 Å². The Kier molecular flexibility index (Phi) is 5.61. The van der Waals surface area contributed by atoms with Gasteiger partial charge in [-0.15, -0.1) is 0 Å². The summed E-state index contributed by atoms with van der Waals surface area (Å²) in [5, 5.41) is 5.31. The van der Waals surface area contributed by atoms with Gasteiger partial charge >= 0.3 is 0 Å². The van der Waals surface area contributed by atoms with Gasteiger partial charge in [-0.05, 0) is 83.0 Å². The number of rotatable bonds is 3. The Hall–Kier alpha value is -5.34. The van der Waals surface area contributed by atoms with E-state index in [4.69, 9.17) is 0 Å². The molecule has 0 aliphatic heterocycles. The smallest absolute Gasteiger partial charge is 0.0548 e. The van der Waals surface area contributed by atoms with E-state index in [1.807, 2.05) is 0 Å². The summed E-state index contributed by atoms with van der Waals surface area (Å²) in [5.74, 6) is 0.396. The maximum Gasteiger partial charge on any atom is 0.0548 e. The molecule has 0 saturated carbocycles. The van der Waals surface area contributed by atoms with Crippen molar-refractivity contribution in [3.63, 3.8) is 0 Å². The van der Waals surface area contributed by atoms with E-state index in [0.717, 1.165) is 12.8 Å². The van der Waals surface area contributed by atoms with Crippen LogP contribution < -0.4 is 0 Å². The van der Waals surface area contributed by atoms with Crippen LogP contribution in [-0.2, 0) is 5.41 Å². The van der Waals surface area contributed by atoms with Crippen molar-refractivity contribution in [2.24, 2.45) is 0 Å². The van der Waals surface area contributed by atoms with Crippen molar-refractivity contribution in [3.8, 4) is 11.1 Å². The number of para-hydroxylation sites is 3. The average Bonchev–Trinajstić information content (AvgIpc) is 3.71. The fourth-order valence-corrected chi connectivity index (χ4v) is 9.09. The van der Waals surface area contributed by atoms with Gasteiger partial charge in [-0.2, -0.15) is 0 Å². The van der Waals surface area contributed by atoms with Crippen molar-refractivity contribution in [1.29, 1.82) is 0 Å². The fourth-order valence-electron chi connectivity index (χ4n) is 9.09. The second kappa shape index (κ2) is 9.83. The van der Waals surface area contributed by atoms with Crippen molar-refractivity contribution in [2.75, 3.05) is 0 Å². The van der Waals surface area contributed by atoms with Gasteiger partial charge in [0.1, 0.15) is 0 Å². The van der Waals surface area contributed by atoms with E-state index in [9.17, 15) is 0 Å². The van der Waals surface area contributed by atoms with E-state index in [1.165, 1.54) is 77.1 Å². The Balaban J connectivity index is 1.26. The molecule has 0 radical (unpaired) electrons. The summed E-state index contributed by atoms with van der Waals surface area (Å²) < 4.78 is 5.23. The number of hydrogen-bond acceptors (Lipinski definition) is 0. The first-order valence-corrected chi connectivity index (χ1v) is 17.0. The van der Waals surface area contributed by atoms with Gasteiger partial charge in [0, 0.05) is 43.7 Å². The third kappa shape index (κ3) is 3.79. The molecule has 47 heavy (non-hydrogen) atoms. The second-order valence-corrected chi connectivity index (χ2v) is 14.1. The van der Waals surface area contributed by atoms with Gasteiger partial charge in [0.2, 0.25) is 0 Å². The summed E-state index contributed by atoms with van der Waals surface area (Å²) in [4.78, 5) is 0. The van der Waals surface area contributed by atoms with Crippen LogP contribution in [0.4, 0.5) is 0 Å². The lowest BCUT2D eigenvalue weighted by Crippen LogP contribution is -2.19. The monoisotopic (exact) mass is 604 g/mol. The zero-order valence-electron chi connectivity index (χ0n) is 26.8. The normalized spacial score (nSPS) is 18.6. The largest absolute Gasteiger partial charge is 0.333 e. The van der Waals surface area contributed by atoms with E-state index in [2.05, 4.69) is 169 Å². The molecule has 2 aromatic heterocycles.